The molecule has 1 aliphatic heterocycles. The van der Waals surface area contributed by atoms with Gasteiger partial charge in [-0.05, 0) is 62.4 Å². The van der Waals surface area contributed by atoms with Crippen molar-refractivity contribution in [2.75, 3.05) is 26.7 Å². The van der Waals surface area contributed by atoms with Gasteiger partial charge >= 0.3 is 0 Å². The van der Waals surface area contributed by atoms with Crippen molar-refractivity contribution >= 4 is 17.5 Å². The van der Waals surface area contributed by atoms with Gasteiger partial charge in [-0.15, -0.1) is 0 Å². The van der Waals surface area contributed by atoms with Crippen LogP contribution in [0.15, 0.2) is 24.3 Å². The molecule has 1 atom stereocenters. The maximum Gasteiger partial charge on any atom is 0.236 e. The van der Waals surface area contributed by atoms with Gasteiger partial charge in [-0.25, -0.2) is 0 Å². The molecule has 23 heavy (non-hydrogen) atoms. The van der Waals surface area contributed by atoms with Gasteiger partial charge in [-0.2, -0.15) is 0 Å². The Morgan fingerprint density at radius 3 is 2.43 bits per heavy atom. The van der Waals surface area contributed by atoms with Crippen molar-refractivity contribution in [3.63, 3.8) is 0 Å². The highest BCUT2D eigenvalue weighted by atomic mass is 35.5. The van der Waals surface area contributed by atoms with Crippen molar-refractivity contribution in [3.8, 4) is 0 Å². The summed E-state index contributed by atoms with van der Waals surface area (Å²) in [5.41, 5.74) is 0.928. The largest absolute Gasteiger partial charge is 0.388 e. The third-order valence-electron chi connectivity index (χ3n) is 5.14. The summed E-state index contributed by atoms with van der Waals surface area (Å²) in [4.78, 5) is 16.3. The molecule has 4 nitrogen and oxygen atoms in total. The van der Waals surface area contributed by atoms with E-state index in [0.717, 1.165) is 44.3 Å². The van der Waals surface area contributed by atoms with Gasteiger partial charge < -0.3 is 10.0 Å². The van der Waals surface area contributed by atoms with E-state index in [9.17, 15) is 9.90 Å². The maximum absolute atomic E-state index is 12.2. The Bertz CT molecular complexity index is 536. The first-order chi connectivity index (χ1) is 11.0. The van der Waals surface area contributed by atoms with Gasteiger partial charge in [-0.1, -0.05) is 23.7 Å². The normalized spacial score (nSPS) is 21.2. The molecule has 1 amide bonds. The number of halogens is 1. The highest BCUT2D eigenvalue weighted by molar-refractivity contribution is 6.30. The molecule has 0 radical (unpaired) electrons. The van der Waals surface area contributed by atoms with Crippen LogP contribution in [0.2, 0.25) is 5.02 Å². The number of piperidine rings is 1. The highest BCUT2D eigenvalue weighted by Crippen LogP contribution is 2.31. The van der Waals surface area contributed by atoms with E-state index in [1.807, 2.05) is 36.2 Å². The maximum atomic E-state index is 12.2. The van der Waals surface area contributed by atoms with Crippen LogP contribution in [-0.4, -0.2) is 53.5 Å². The minimum Gasteiger partial charge on any atom is -0.388 e. The van der Waals surface area contributed by atoms with E-state index in [1.165, 1.54) is 0 Å². The standard InChI is InChI=1S/C18H25ClN2O2/c1-20(16-6-7-16)17(22)12-21-10-8-14(9-11-21)18(23)13-2-4-15(19)5-3-13/h2-5,14,16,18,23H,6-12H2,1H3. The second kappa shape index (κ2) is 7.20. The van der Waals surface area contributed by atoms with Crippen molar-refractivity contribution in [2.45, 2.75) is 37.8 Å². The number of rotatable bonds is 5. The van der Waals surface area contributed by atoms with Crippen molar-refractivity contribution in [1.82, 2.24) is 9.80 Å². The van der Waals surface area contributed by atoms with Crippen LogP contribution in [0.5, 0.6) is 0 Å². The smallest absolute Gasteiger partial charge is 0.236 e. The Morgan fingerprint density at radius 2 is 1.87 bits per heavy atom. The molecule has 0 spiro atoms. The van der Waals surface area contributed by atoms with Crippen LogP contribution in [0.3, 0.4) is 0 Å². The average molecular weight is 337 g/mol. The van der Waals surface area contributed by atoms with Crippen LogP contribution in [0, 0.1) is 5.92 Å². The Labute approximate surface area is 143 Å². The number of likely N-dealkylation sites (N-methyl/N-ethyl adjacent to an activating group) is 1. The second-order valence-corrected chi connectivity index (χ2v) is 7.28. The van der Waals surface area contributed by atoms with Gasteiger partial charge in [0.15, 0.2) is 0 Å². The topological polar surface area (TPSA) is 43.8 Å². The van der Waals surface area contributed by atoms with E-state index in [4.69, 9.17) is 11.6 Å². The van der Waals surface area contributed by atoms with Gasteiger partial charge in [0.05, 0.1) is 12.6 Å². The van der Waals surface area contributed by atoms with Gasteiger partial charge in [0.2, 0.25) is 5.91 Å². The molecular weight excluding hydrogens is 312 g/mol. The van der Waals surface area contributed by atoms with Gasteiger partial charge in [0.25, 0.3) is 0 Å². The van der Waals surface area contributed by atoms with E-state index < -0.39 is 6.10 Å². The van der Waals surface area contributed by atoms with E-state index >= 15 is 0 Å². The Kier molecular flexibility index (Phi) is 5.24. The molecule has 2 aliphatic rings. The second-order valence-electron chi connectivity index (χ2n) is 6.85. The number of aliphatic hydroxyl groups excluding tert-OH is 1. The van der Waals surface area contributed by atoms with Crippen LogP contribution >= 0.6 is 11.6 Å². The van der Waals surface area contributed by atoms with Crippen molar-refractivity contribution < 1.29 is 9.90 Å². The Hall–Kier alpha value is -1.10. The van der Waals surface area contributed by atoms with E-state index in [-0.39, 0.29) is 11.8 Å². The fraction of sp³-hybridized carbons (Fsp3) is 0.611. The minimum absolute atomic E-state index is 0.226. The molecule has 1 aliphatic carbocycles. The first-order valence-corrected chi connectivity index (χ1v) is 8.84. The zero-order valence-corrected chi connectivity index (χ0v) is 14.4. The Morgan fingerprint density at radius 1 is 1.26 bits per heavy atom. The molecule has 0 bridgehead atoms. The summed E-state index contributed by atoms with van der Waals surface area (Å²) in [6, 6.07) is 7.91. The summed E-state index contributed by atoms with van der Waals surface area (Å²) in [6.45, 7) is 2.26. The predicted molar refractivity (Wildman–Crippen MR) is 91.4 cm³/mol. The molecule has 1 heterocycles. The predicted octanol–water partition coefficient (Wildman–Crippen LogP) is 2.71. The fourth-order valence-corrected chi connectivity index (χ4v) is 3.45. The summed E-state index contributed by atoms with van der Waals surface area (Å²) in [7, 11) is 1.91. The number of benzene rings is 1. The van der Waals surface area contributed by atoms with Gasteiger partial charge in [0, 0.05) is 18.1 Å². The van der Waals surface area contributed by atoms with Crippen molar-refractivity contribution in [2.24, 2.45) is 5.92 Å². The number of nitrogens with zero attached hydrogens (tertiary/aromatic N) is 2. The number of amides is 1. The third-order valence-corrected chi connectivity index (χ3v) is 5.39. The van der Waals surface area contributed by atoms with Crippen LogP contribution in [0.4, 0.5) is 0 Å². The molecule has 1 aromatic carbocycles. The molecule has 2 fully saturated rings. The van der Waals surface area contributed by atoms with Crippen LogP contribution in [0.25, 0.3) is 0 Å². The molecule has 1 aromatic rings. The number of carbonyl (C=O) groups is 1. The van der Waals surface area contributed by atoms with Gasteiger partial charge in [0.1, 0.15) is 0 Å². The summed E-state index contributed by atoms with van der Waals surface area (Å²) < 4.78 is 0. The van der Waals surface area contributed by atoms with E-state index in [1.54, 1.807) is 0 Å². The summed E-state index contributed by atoms with van der Waals surface area (Å²) >= 11 is 5.90. The lowest BCUT2D eigenvalue weighted by Crippen LogP contribution is -2.43. The molecule has 126 valence electrons. The zero-order chi connectivity index (χ0) is 16.4. The molecule has 0 aromatic heterocycles. The van der Waals surface area contributed by atoms with Gasteiger partial charge in [-0.3, -0.25) is 9.69 Å². The van der Waals surface area contributed by atoms with E-state index in [2.05, 4.69) is 4.90 Å². The number of likely N-dealkylation sites (tertiary alicyclic amines) is 1. The number of aliphatic hydroxyl groups is 1. The number of hydrogen-bond donors (Lipinski definition) is 1. The molecule has 3 rings (SSSR count). The van der Waals surface area contributed by atoms with Crippen molar-refractivity contribution in [1.29, 1.82) is 0 Å². The molecule has 1 unspecified atom stereocenters. The molecule has 5 heteroatoms. The molecule has 1 saturated carbocycles. The lowest BCUT2D eigenvalue weighted by Gasteiger charge is -2.34. The number of hydrogen-bond acceptors (Lipinski definition) is 3. The monoisotopic (exact) mass is 336 g/mol. The first kappa shape index (κ1) is 16.7. The van der Waals surface area contributed by atoms with E-state index in [0.29, 0.717) is 17.6 Å². The Balaban J connectivity index is 1.47. The van der Waals surface area contributed by atoms with Crippen molar-refractivity contribution in [3.05, 3.63) is 34.9 Å². The zero-order valence-electron chi connectivity index (χ0n) is 13.6. The minimum atomic E-state index is -0.445. The van der Waals surface area contributed by atoms with Crippen LogP contribution in [-0.2, 0) is 4.79 Å². The summed E-state index contributed by atoms with van der Waals surface area (Å²) in [6.07, 6.45) is 3.70. The molecular formula is C18H25ClN2O2. The SMILES string of the molecule is CN(C(=O)CN1CCC(C(O)c2ccc(Cl)cc2)CC1)C1CC1. The highest BCUT2D eigenvalue weighted by Gasteiger charge is 2.32. The summed E-state index contributed by atoms with van der Waals surface area (Å²) in [5.74, 6) is 0.480. The van der Waals surface area contributed by atoms with Crippen LogP contribution < -0.4 is 0 Å². The average Bonchev–Trinajstić information content (AvgIpc) is 3.40. The lowest BCUT2D eigenvalue weighted by atomic mass is 9.87. The molecule has 1 saturated heterocycles. The molecule has 1 N–H and O–H groups in total. The third kappa shape index (κ3) is 4.25. The summed E-state index contributed by atoms with van der Waals surface area (Å²) in [5, 5.41) is 11.2. The lowest BCUT2D eigenvalue weighted by molar-refractivity contribution is -0.132. The number of carbonyl (C=O) groups excluding carboxylic acids is 1. The fourth-order valence-electron chi connectivity index (χ4n) is 3.33. The van der Waals surface area contributed by atoms with Crippen LogP contribution in [0.1, 0.15) is 37.4 Å². The first-order valence-electron chi connectivity index (χ1n) is 8.46. The quantitative estimate of drug-likeness (QED) is 0.899.